The van der Waals surface area contributed by atoms with E-state index >= 15 is 0 Å². The van der Waals surface area contributed by atoms with Gasteiger partial charge in [-0.05, 0) is 30.4 Å². The van der Waals surface area contributed by atoms with E-state index in [0.29, 0.717) is 16.1 Å². The van der Waals surface area contributed by atoms with Gasteiger partial charge in [0.1, 0.15) is 11.5 Å². The van der Waals surface area contributed by atoms with Crippen molar-refractivity contribution in [2.24, 2.45) is 0 Å². The molecule has 0 aromatic carbocycles. The molecule has 2 nitrogen and oxygen atoms in total. The van der Waals surface area contributed by atoms with E-state index in [4.69, 9.17) is 23.2 Å². The molecular formula is C10H8Cl2N2. The molecule has 0 N–H and O–H groups in total. The van der Waals surface area contributed by atoms with Crippen molar-refractivity contribution >= 4 is 28.7 Å². The van der Waals surface area contributed by atoms with Crippen molar-refractivity contribution in [3.8, 4) is 0 Å². The minimum atomic E-state index is 0.545. The second-order valence-corrected chi connectivity index (χ2v) is 4.43. The van der Waals surface area contributed by atoms with E-state index in [1.165, 1.54) is 18.4 Å². The third-order valence-electron chi connectivity index (χ3n) is 2.64. The number of hydrogen-bond donors (Lipinski definition) is 0. The van der Waals surface area contributed by atoms with Crippen LogP contribution < -0.4 is 0 Å². The van der Waals surface area contributed by atoms with Gasteiger partial charge in [0.25, 0.3) is 0 Å². The quantitative estimate of drug-likeness (QED) is 0.681. The van der Waals surface area contributed by atoms with Crippen molar-refractivity contribution in [1.29, 1.82) is 0 Å². The number of halogens is 2. The molecule has 0 bridgehead atoms. The molecule has 14 heavy (non-hydrogen) atoms. The molecule has 0 spiro atoms. The number of nitrogens with zero attached hydrogens (tertiary/aromatic N) is 2. The molecule has 0 radical (unpaired) electrons. The van der Waals surface area contributed by atoms with Crippen molar-refractivity contribution in [3.05, 3.63) is 34.3 Å². The lowest BCUT2D eigenvalue weighted by atomic mass is 10.1. The van der Waals surface area contributed by atoms with Gasteiger partial charge in [0.2, 0.25) is 0 Å². The van der Waals surface area contributed by atoms with Crippen LogP contribution in [0.5, 0.6) is 0 Å². The molecule has 0 amide bonds. The maximum absolute atomic E-state index is 6.06. The van der Waals surface area contributed by atoms with Crippen LogP contribution in [0.1, 0.15) is 24.3 Å². The molecule has 2 heterocycles. The Morgan fingerprint density at radius 1 is 1.36 bits per heavy atom. The third kappa shape index (κ3) is 1.14. The number of pyridine rings is 1. The molecule has 2 aromatic rings. The zero-order valence-electron chi connectivity index (χ0n) is 7.37. The third-order valence-corrected chi connectivity index (χ3v) is 3.41. The van der Waals surface area contributed by atoms with E-state index in [9.17, 15) is 0 Å². The van der Waals surface area contributed by atoms with Crippen molar-refractivity contribution in [1.82, 2.24) is 9.38 Å². The summed E-state index contributed by atoms with van der Waals surface area (Å²) in [7, 11) is 0. The summed E-state index contributed by atoms with van der Waals surface area (Å²) >= 11 is 12.1. The molecule has 1 fully saturated rings. The summed E-state index contributed by atoms with van der Waals surface area (Å²) in [4.78, 5) is 4.09. The first-order chi connectivity index (χ1) is 6.77. The van der Waals surface area contributed by atoms with Crippen LogP contribution in [0.2, 0.25) is 10.2 Å². The Bertz CT molecular complexity index is 500. The monoisotopic (exact) mass is 226 g/mol. The highest BCUT2D eigenvalue weighted by Gasteiger charge is 2.27. The fourth-order valence-corrected chi connectivity index (χ4v) is 2.17. The average Bonchev–Trinajstić information content (AvgIpc) is 2.89. The summed E-state index contributed by atoms with van der Waals surface area (Å²) in [6.07, 6.45) is 6.04. The van der Waals surface area contributed by atoms with E-state index < -0.39 is 0 Å². The maximum Gasteiger partial charge on any atom is 0.133 e. The SMILES string of the molecule is Clc1cc(C2CC2)c2cncn2c1Cl. The number of rotatable bonds is 1. The zero-order valence-corrected chi connectivity index (χ0v) is 8.89. The predicted molar refractivity (Wildman–Crippen MR) is 57.2 cm³/mol. The molecule has 0 aliphatic heterocycles. The number of fused-ring (bicyclic) bond motifs is 1. The zero-order chi connectivity index (χ0) is 9.71. The van der Waals surface area contributed by atoms with Crippen LogP contribution in [0.15, 0.2) is 18.6 Å². The Balaban J connectivity index is 2.38. The first kappa shape index (κ1) is 8.57. The van der Waals surface area contributed by atoms with Crippen LogP contribution in [0, 0.1) is 0 Å². The summed E-state index contributed by atoms with van der Waals surface area (Å²) in [6, 6.07) is 1.97. The standard InChI is InChI=1S/C10H8Cl2N2/c11-8-3-7(6-1-2-6)9-4-13-5-14(9)10(8)12/h3-6H,1-2H2. The molecule has 3 rings (SSSR count). The maximum atomic E-state index is 6.06. The normalized spacial score (nSPS) is 16.4. The molecule has 1 aliphatic rings. The predicted octanol–water partition coefficient (Wildman–Crippen LogP) is 3.52. The van der Waals surface area contributed by atoms with Gasteiger partial charge in [-0.1, -0.05) is 23.2 Å². The number of imidazole rings is 1. The summed E-state index contributed by atoms with van der Waals surface area (Å²) in [6.45, 7) is 0. The molecule has 0 saturated heterocycles. The fraction of sp³-hybridized carbons (Fsp3) is 0.300. The van der Waals surface area contributed by atoms with Crippen LogP contribution in [-0.4, -0.2) is 9.38 Å². The van der Waals surface area contributed by atoms with Crippen molar-refractivity contribution < 1.29 is 0 Å². The Labute approximate surface area is 91.5 Å². The van der Waals surface area contributed by atoms with Gasteiger partial charge in [0.05, 0.1) is 16.7 Å². The van der Waals surface area contributed by atoms with E-state index in [2.05, 4.69) is 4.98 Å². The summed E-state index contributed by atoms with van der Waals surface area (Å²) in [5.41, 5.74) is 2.36. The Morgan fingerprint density at radius 3 is 2.86 bits per heavy atom. The Morgan fingerprint density at radius 2 is 2.14 bits per heavy atom. The molecule has 1 saturated carbocycles. The van der Waals surface area contributed by atoms with E-state index in [-0.39, 0.29) is 0 Å². The van der Waals surface area contributed by atoms with E-state index in [1.807, 2.05) is 16.7 Å². The lowest BCUT2D eigenvalue weighted by Gasteiger charge is -2.06. The average molecular weight is 227 g/mol. The minimum absolute atomic E-state index is 0.545. The van der Waals surface area contributed by atoms with Crippen molar-refractivity contribution in [2.75, 3.05) is 0 Å². The summed E-state index contributed by atoms with van der Waals surface area (Å²) < 4.78 is 1.84. The highest BCUT2D eigenvalue weighted by atomic mass is 35.5. The molecule has 2 aromatic heterocycles. The fourth-order valence-electron chi connectivity index (χ4n) is 1.77. The van der Waals surface area contributed by atoms with Gasteiger partial charge < -0.3 is 0 Å². The van der Waals surface area contributed by atoms with Gasteiger partial charge in [0.15, 0.2) is 0 Å². The molecule has 0 atom stereocenters. The largest absolute Gasteiger partial charge is 0.288 e. The number of hydrogen-bond acceptors (Lipinski definition) is 1. The molecule has 1 aliphatic carbocycles. The van der Waals surface area contributed by atoms with Crippen molar-refractivity contribution in [2.45, 2.75) is 18.8 Å². The van der Waals surface area contributed by atoms with Gasteiger partial charge in [-0.2, -0.15) is 0 Å². The topological polar surface area (TPSA) is 17.3 Å². The van der Waals surface area contributed by atoms with Gasteiger partial charge in [0, 0.05) is 0 Å². The van der Waals surface area contributed by atoms with E-state index in [1.54, 1.807) is 6.33 Å². The second-order valence-electron chi connectivity index (χ2n) is 3.66. The van der Waals surface area contributed by atoms with Gasteiger partial charge in [-0.15, -0.1) is 0 Å². The summed E-state index contributed by atoms with van der Waals surface area (Å²) in [5.74, 6) is 0.656. The van der Waals surface area contributed by atoms with Gasteiger partial charge in [-0.3, -0.25) is 4.40 Å². The van der Waals surface area contributed by atoms with Crippen molar-refractivity contribution in [3.63, 3.8) is 0 Å². The van der Waals surface area contributed by atoms with Gasteiger partial charge >= 0.3 is 0 Å². The van der Waals surface area contributed by atoms with Crippen LogP contribution in [0.3, 0.4) is 0 Å². The molecule has 0 unspecified atom stereocenters. The smallest absolute Gasteiger partial charge is 0.133 e. The Hall–Kier alpha value is -0.730. The number of aromatic nitrogens is 2. The minimum Gasteiger partial charge on any atom is -0.288 e. The lowest BCUT2D eigenvalue weighted by molar-refractivity contribution is 1.08. The second kappa shape index (κ2) is 2.88. The first-order valence-corrected chi connectivity index (χ1v) is 5.33. The highest BCUT2D eigenvalue weighted by molar-refractivity contribution is 6.41. The Kier molecular flexibility index (Phi) is 1.76. The highest BCUT2D eigenvalue weighted by Crippen LogP contribution is 2.43. The van der Waals surface area contributed by atoms with Crippen LogP contribution in [0.4, 0.5) is 0 Å². The lowest BCUT2D eigenvalue weighted by Crippen LogP contribution is -1.91. The summed E-state index contributed by atoms with van der Waals surface area (Å²) in [5, 5.41) is 1.16. The van der Waals surface area contributed by atoms with Gasteiger partial charge in [-0.25, -0.2) is 4.98 Å². The van der Waals surface area contributed by atoms with Crippen LogP contribution in [-0.2, 0) is 0 Å². The van der Waals surface area contributed by atoms with Crippen LogP contribution in [0.25, 0.3) is 5.52 Å². The molecular weight excluding hydrogens is 219 g/mol. The molecule has 4 heteroatoms. The molecule has 72 valence electrons. The van der Waals surface area contributed by atoms with E-state index in [0.717, 1.165) is 5.52 Å². The van der Waals surface area contributed by atoms with Crippen LogP contribution >= 0.6 is 23.2 Å². The first-order valence-electron chi connectivity index (χ1n) is 4.57.